The van der Waals surface area contributed by atoms with Crippen molar-refractivity contribution in [2.24, 2.45) is 51.4 Å². The van der Waals surface area contributed by atoms with Gasteiger partial charge in [0.05, 0.1) is 28.3 Å². The summed E-state index contributed by atoms with van der Waals surface area (Å²) in [5, 5.41) is 33.5. The van der Waals surface area contributed by atoms with Crippen LogP contribution in [0.1, 0.15) is 135 Å². The first kappa shape index (κ1) is 104. The number of halogens is 2. The summed E-state index contributed by atoms with van der Waals surface area (Å²) in [6.07, 6.45) is 2.06. The van der Waals surface area contributed by atoms with Crippen LogP contribution in [-0.2, 0) is 14.4 Å². The Hall–Kier alpha value is -4.49. The molecule has 2 aromatic carbocycles. The predicted molar refractivity (Wildman–Crippen MR) is 270 cm³/mol. The number of alkyl halides is 1. The molecule has 23 nitrogen and oxygen atoms in total. The molecule has 0 bridgehead atoms. The number of hydrogen-bond acceptors (Lipinski definition) is 18. The third-order valence-electron chi connectivity index (χ3n) is 3.95. The van der Waals surface area contributed by atoms with Crippen molar-refractivity contribution in [1.82, 2.24) is 10.2 Å². The molecule has 2 aliphatic heterocycles. The van der Waals surface area contributed by atoms with Gasteiger partial charge in [0.2, 0.25) is 5.91 Å². The summed E-state index contributed by atoms with van der Waals surface area (Å²) < 4.78 is 0. The van der Waals surface area contributed by atoms with E-state index in [-0.39, 0.29) is 94.7 Å². The summed E-state index contributed by atoms with van der Waals surface area (Å²) >= 11 is 5.00. The molecule has 5 amide bonds. The van der Waals surface area contributed by atoms with Gasteiger partial charge in [-0.1, -0.05) is 73.7 Å². The Balaban J connectivity index is -0.0000000289. The second-order valence-corrected chi connectivity index (χ2v) is 9.63. The summed E-state index contributed by atoms with van der Waals surface area (Å²) in [6, 6.07) is 15.4. The van der Waals surface area contributed by atoms with E-state index < -0.39 is 5.97 Å². The van der Waals surface area contributed by atoms with Crippen LogP contribution in [0.4, 0.5) is 0 Å². The molecule has 0 saturated carbocycles. The largest absolute Gasteiger partial charge is 1.00 e. The Labute approximate surface area is 430 Å². The third-order valence-corrected chi connectivity index (χ3v) is 3.95. The molecule has 22 N–H and O–H groups in total. The molecule has 0 unspecified atom stereocenters. The number of aliphatic carboxylic acids is 1. The fourth-order valence-electron chi connectivity index (χ4n) is 2.64. The summed E-state index contributed by atoms with van der Waals surface area (Å²) in [6.45, 7) is 21.6. The molecule has 26 heteroatoms. The van der Waals surface area contributed by atoms with Gasteiger partial charge in [0, 0.05) is 40.8 Å². The average molecular weight is 1010 g/mol. The summed E-state index contributed by atoms with van der Waals surface area (Å²) in [7, 11) is 0. The minimum Gasteiger partial charge on any atom is -1.00 e. The zero-order valence-electron chi connectivity index (χ0n) is 40.5. The van der Waals surface area contributed by atoms with Crippen LogP contribution < -0.4 is 81.1 Å². The molecule has 0 aromatic heterocycles. The van der Waals surface area contributed by atoms with Crippen molar-refractivity contribution in [1.29, 1.82) is 5.26 Å². The number of fused-ring (bicyclic) bond motifs is 2. The molecular weight excluding hydrogens is 918 g/mol. The Morgan fingerprint density at radius 3 is 1.08 bits per heavy atom. The predicted octanol–water partition coefficient (Wildman–Crippen LogP) is 0.147. The number of rotatable bonds is 1. The Morgan fingerprint density at radius 2 is 0.939 bits per heavy atom. The fourth-order valence-corrected chi connectivity index (χ4v) is 2.64. The van der Waals surface area contributed by atoms with Crippen molar-refractivity contribution in [3.63, 3.8) is 0 Å². The normalized spacial score (nSPS) is 8.56. The standard InChI is InChI=1S/C10H9NO2.C8H5NO2.C2H5Cl.2C2H5NO.4C2H7N.C2H3N.C2H4O2.C2H4O.2CH4.ClH.H4N2.H3NO.Na.H2O.H2.H/c1-2-11-9(12)7-5-3-4-6-8(7)10(11)13;10-7-5-3-1-2-4-6(5)8(11)9-7;1-2-3;1-2-3-4;1-2(3)4;5*1-2-3;1-2(3)4;1-2-3;;;;2*1-2;;;;/h3-6H,2H2,1H3;1-4H,(H,9,10,11);2H2,1H3;2,4H,1H3;1H3,(H2,3,4);4*2-3H2,1H3;1H3;1H3,(H,3,4);2H,1H3;2*1H4;1H;1-2H2;2H,1H2;;1H2;1H;/q;;;;;;;;;;;;;;;;;+1;;;-1/b;;;3-2+;;;;;;;;;;;;;;;;;. The summed E-state index contributed by atoms with van der Waals surface area (Å²) in [4.78, 5) is 73.3. The van der Waals surface area contributed by atoms with E-state index in [1.807, 2.05) is 34.6 Å². The maximum atomic E-state index is 11.5. The van der Waals surface area contributed by atoms with Crippen LogP contribution in [0.5, 0.6) is 0 Å². The van der Waals surface area contributed by atoms with E-state index in [4.69, 9.17) is 64.9 Å². The van der Waals surface area contributed by atoms with E-state index in [2.05, 4.69) is 33.8 Å². The minimum atomic E-state index is -0.833. The number of carboxylic acid groups (broad SMARTS) is 1. The quantitative estimate of drug-likeness (QED) is 0.0264. The van der Waals surface area contributed by atoms with Crippen LogP contribution in [-0.4, -0.2) is 113 Å². The number of nitriles is 1. The van der Waals surface area contributed by atoms with E-state index in [0.29, 0.717) is 28.8 Å². The number of nitrogens with zero attached hydrogens (tertiary/aromatic N) is 3. The number of imide groups is 2. The van der Waals surface area contributed by atoms with E-state index in [1.165, 1.54) is 31.9 Å². The molecule has 0 aliphatic carbocycles. The third kappa shape index (κ3) is 86.6. The monoisotopic (exact) mass is 1010 g/mol. The van der Waals surface area contributed by atoms with E-state index in [9.17, 15) is 24.0 Å². The number of nitrogens with two attached hydrogens (primary N) is 8. The number of carbonyl (C=O) groups excluding carboxylic acids is 6. The topological polar surface area (TPSA) is 471 Å². The van der Waals surface area contributed by atoms with Gasteiger partial charge in [0.1, 0.15) is 6.29 Å². The van der Waals surface area contributed by atoms with Gasteiger partial charge in [-0.15, -0.1) is 29.2 Å². The Morgan fingerprint density at radius 1 is 0.788 bits per heavy atom. The van der Waals surface area contributed by atoms with Crippen molar-refractivity contribution in [2.45, 2.75) is 91.0 Å². The van der Waals surface area contributed by atoms with Gasteiger partial charge in [0.25, 0.3) is 29.6 Å². The number of hydrazine groups is 1. The molecule has 0 saturated heterocycles. The van der Waals surface area contributed by atoms with Crippen LogP contribution in [0.2, 0.25) is 0 Å². The fraction of sp³-hybridized carbons (Fsp3) is 0.475. The van der Waals surface area contributed by atoms with Gasteiger partial charge in [0.15, 0.2) is 0 Å². The zero-order valence-corrected chi connectivity index (χ0v) is 43.0. The smallest absolute Gasteiger partial charge is 1.00 e. The molecule has 2 aliphatic rings. The first-order valence-corrected chi connectivity index (χ1v) is 18.5. The molecule has 4 rings (SSSR count). The van der Waals surface area contributed by atoms with Crippen LogP contribution in [0, 0.1) is 11.3 Å². The number of carbonyl (C=O) groups is 7. The van der Waals surface area contributed by atoms with Crippen LogP contribution in [0.3, 0.4) is 0 Å². The molecule has 2 heterocycles. The Kier molecular flexibility index (Phi) is 150. The van der Waals surface area contributed by atoms with Crippen molar-refractivity contribution in [3.8, 4) is 6.07 Å². The van der Waals surface area contributed by atoms with E-state index in [1.54, 1.807) is 68.4 Å². The van der Waals surface area contributed by atoms with Gasteiger partial charge in [-0.05, 0) is 71.2 Å². The maximum absolute atomic E-state index is 11.5. The molecular formula is C40H89Cl2N12NaO11. The number of aldehydes is 1. The molecule has 390 valence electrons. The van der Waals surface area contributed by atoms with Gasteiger partial charge in [-0.3, -0.25) is 50.7 Å². The number of benzene rings is 2. The second kappa shape index (κ2) is 94.9. The van der Waals surface area contributed by atoms with Gasteiger partial charge in [-0.2, -0.15) is 5.26 Å². The maximum Gasteiger partial charge on any atom is 1.00 e. The average Bonchev–Trinajstić information content (AvgIpc) is 3.64. The number of oxime groups is 1. The van der Waals surface area contributed by atoms with E-state index in [0.717, 1.165) is 45.3 Å². The molecule has 0 radical (unpaired) electrons. The van der Waals surface area contributed by atoms with Crippen molar-refractivity contribution in [3.05, 3.63) is 70.8 Å². The summed E-state index contributed by atoms with van der Waals surface area (Å²) in [5.41, 5.74) is 25.8. The minimum absolute atomic E-state index is 0. The molecule has 0 atom stereocenters. The first-order chi connectivity index (χ1) is 28.8. The number of carboxylic acids is 1. The second-order valence-electron chi connectivity index (χ2n) is 9.09. The van der Waals surface area contributed by atoms with Crippen molar-refractivity contribution >= 4 is 72.0 Å². The molecule has 0 fully saturated rings. The number of primary amides is 1. The number of nitrogens with one attached hydrogen (secondary N) is 1. The first-order valence-electron chi connectivity index (χ1n) is 18.0. The zero-order chi connectivity index (χ0) is 50.8. The molecule has 2 aromatic rings. The summed E-state index contributed by atoms with van der Waals surface area (Å²) in [5.74, 6) is 10.1. The van der Waals surface area contributed by atoms with Crippen LogP contribution in [0.15, 0.2) is 53.7 Å². The van der Waals surface area contributed by atoms with E-state index >= 15 is 0 Å². The van der Waals surface area contributed by atoms with Crippen LogP contribution in [0.25, 0.3) is 0 Å². The van der Waals surface area contributed by atoms with Gasteiger partial charge >= 0.3 is 29.6 Å². The van der Waals surface area contributed by atoms with Gasteiger partial charge in [-0.25, -0.2) is 5.90 Å². The number of amides is 5. The number of hydrogen-bond donors (Lipinski definition) is 12. The molecule has 66 heavy (non-hydrogen) atoms. The van der Waals surface area contributed by atoms with Crippen molar-refractivity contribution in [2.75, 3.05) is 38.6 Å². The Bertz CT molecular complexity index is 1330. The van der Waals surface area contributed by atoms with Crippen LogP contribution >= 0.6 is 24.0 Å². The SMILES string of the molecule is C.C.C/C=N/O.CC#N.CC(=O)O.CC(N)=O.CC=O.CCCl.CCN.CCN.CCN.CCN.CCN1C(=O)c2ccccc2C1=O.Cl.NN.NO.O.O=C1NC(=O)c2ccccc21.[H-].[HH].[Na+]. The van der Waals surface area contributed by atoms with Crippen molar-refractivity contribution < 1.29 is 87.0 Å². The molecule has 0 spiro atoms. The van der Waals surface area contributed by atoms with Gasteiger partial charge < -0.3 is 55.9 Å².